The Morgan fingerprint density at radius 1 is 1.28 bits per heavy atom. The van der Waals surface area contributed by atoms with Gasteiger partial charge in [-0.15, -0.1) is 0 Å². The van der Waals surface area contributed by atoms with Gasteiger partial charge in [-0.05, 0) is 25.3 Å². The zero-order chi connectivity index (χ0) is 22.7. The summed E-state index contributed by atoms with van der Waals surface area (Å²) < 4.78 is 10.6. The molecule has 0 spiro atoms. The first kappa shape index (κ1) is 22.0. The average Bonchev–Trinajstić information content (AvgIpc) is 3.54. The van der Waals surface area contributed by atoms with Gasteiger partial charge < -0.3 is 18.9 Å². The number of hydrogen-bond acceptors (Lipinski definition) is 7. The molecule has 1 aliphatic heterocycles. The molecule has 1 aliphatic rings. The van der Waals surface area contributed by atoms with Gasteiger partial charge in [0, 0.05) is 31.0 Å². The Labute approximate surface area is 186 Å². The van der Waals surface area contributed by atoms with E-state index in [1.807, 2.05) is 31.2 Å². The van der Waals surface area contributed by atoms with Crippen LogP contribution in [0.25, 0.3) is 11.3 Å². The molecule has 0 radical (unpaired) electrons. The van der Waals surface area contributed by atoms with Crippen molar-refractivity contribution in [2.75, 3.05) is 6.54 Å². The SMILES string of the molecule is CC[C@@H](C(=O)N1C[C@H](O)C[C@H]1C(=O)CCc1ccc(-c2cnco2)cc1)c1cc(C)no1. The molecule has 0 unspecified atom stereocenters. The van der Waals surface area contributed by atoms with Crippen LogP contribution >= 0.6 is 0 Å². The number of carbonyl (C=O) groups excluding carboxylic acids is 2. The number of carbonyl (C=O) groups is 2. The highest BCUT2D eigenvalue weighted by atomic mass is 16.5. The van der Waals surface area contributed by atoms with Crippen molar-refractivity contribution in [2.45, 2.75) is 57.6 Å². The summed E-state index contributed by atoms with van der Waals surface area (Å²) in [4.78, 5) is 31.7. The van der Waals surface area contributed by atoms with Crippen molar-refractivity contribution < 1.29 is 23.6 Å². The van der Waals surface area contributed by atoms with Crippen molar-refractivity contribution in [1.29, 1.82) is 0 Å². The van der Waals surface area contributed by atoms with Crippen molar-refractivity contribution >= 4 is 11.7 Å². The maximum absolute atomic E-state index is 13.2. The third-order valence-corrected chi connectivity index (χ3v) is 5.96. The summed E-state index contributed by atoms with van der Waals surface area (Å²) in [5, 5.41) is 14.1. The Hall–Kier alpha value is -3.26. The molecule has 1 saturated heterocycles. The zero-order valence-corrected chi connectivity index (χ0v) is 18.2. The molecule has 0 bridgehead atoms. The minimum Gasteiger partial charge on any atom is -0.444 e. The van der Waals surface area contributed by atoms with Gasteiger partial charge in [-0.3, -0.25) is 9.59 Å². The molecule has 8 nitrogen and oxygen atoms in total. The van der Waals surface area contributed by atoms with Crippen molar-refractivity contribution in [3.8, 4) is 11.3 Å². The quantitative estimate of drug-likeness (QED) is 0.576. The van der Waals surface area contributed by atoms with E-state index in [4.69, 9.17) is 8.94 Å². The minimum atomic E-state index is -0.706. The van der Waals surface area contributed by atoms with Gasteiger partial charge in [0.15, 0.2) is 17.9 Å². The summed E-state index contributed by atoms with van der Waals surface area (Å²) in [6.07, 6.45) is 3.97. The highest BCUT2D eigenvalue weighted by molar-refractivity contribution is 5.92. The first-order valence-corrected chi connectivity index (χ1v) is 10.9. The van der Waals surface area contributed by atoms with Crippen molar-refractivity contribution in [2.24, 2.45) is 0 Å². The van der Waals surface area contributed by atoms with Gasteiger partial charge in [-0.1, -0.05) is 36.3 Å². The number of ketones is 1. The average molecular weight is 437 g/mol. The second kappa shape index (κ2) is 9.48. The molecule has 1 aromatic carbocycles. The normalized spacial score (nSPS) is 19.3. The first-order valence-electron chi connectivity index (χ1n) is 10.9. The van der Waals surface area contributed by atoms with E-state index >= 15 is 0 Å². The third kappa shape index (κ3) is 4.65. The predicted octanol–water partition coefficient (Wildman–Crippen LogP) is 3.30. The summed E-state index contributed by atoms with van der Waals surface area (Å²) in [6.45, 7) is 3.85. The molecule has 3 aromatic rings. The molecule has 4 rings (SSSR count). The maximum Gasteiger partial charge on any atom is 0.234 e. The first-order chi connectivity index (χ1) is 15.5. The molecule has 2 aromatic heterocycles. The van der Waals surface area contributed by atoms with Crippen LogP contribution in [-0.4, -0.2) is 50.5 Å². The van der Waals surface area contributed by atoms with Crippen molar-refractivity contribution in [3.63, 3.8) is 0 Å². The van der Waals surface area contributed by atoms with Crippen LogP contribution in [-0.2, 0) is 16.0 Å². The van der Waals surface area contributed by atoms with Crippen molar-refractivity contribution in [1.82, 2.24) is 15.0 Å². The van der Waals surface area contributed by atoms with Gasteiger partial charge in [0.25, 0.3) is 0 Å². The van der Waals surface area contributed by atoms with E-state index in [0.717, 1.165) is 11.1 Å². The molecule has 32 heavy (non-hydrogen) atoms. The Kier molecular flexibility index (Phi) is 6.50. The lowest BCUT2D eigenvalue weighted by Crippen LogP contribution is -2.43. The Morgan fingerprint density at radius 3 is 2.69 bits per heavy atom. The van der Waals surface area contributed by atoms with Gasteiger partial charge in [0.1, 0.15) is 5.76 Å². The topological polar surface area (TPSA) is 110 Å². The number of aromatic nitrogens is 2. The van der Waals surface area contributed by atoms with Gasteiger partial charge in [-0.2, -0.15) is 0 Å². The van der Waals surface area contributed by atoms with E-state index in [2.05, 4.69) is 10.1 Å². The molecule has 8 heteroatoms. The second-order valence-corrected chi connectivity index (χ2v) is 8.26. The standard InChI is InChI=1S/C24H27N3O5/c1-3-19(22-10-15(2)26-32-22)24(30)27-13-18(28)11-20(27)21(29)9-6-16-4-7-17(8-5-16)23-12-25-14-31-23/h4-5,7-8,10,12,14,18-20,28H,3,6,9,11,13H2,1-2H3/t18-,19-,20+/m1/s1. The van der Waals surface area contributed by atoms with Gasteiger partial charge in [-0.25, -0.2) is 4.98 Å². The Bertz CT molecular complexity index is 1060. The summed E-state index contributed by atoms with van der Waals surface area (Å²) in [5.41, 5.74) is 2.64. The number of Topliss-reactive ketones (excluding diaryl/α,β-unsaturated/α-hetero) is 1. The number of rotatable bonds is 8. The fourth-order valence-electron chi connectivity index (χ4n) is 4.24. The smallest absolute Gasteiger partial charge is 0.234 e. The fraction of sp³-hybridized carbons (Fsp3) is 0.417. The van der Waals surface area contributed by atoms with E-state index in [1.165, 1.54) is 11.3 Å². The number of nitrogens with zero attached hydrogens (tertiary/aromatic N) is 3. The fourth-order valence-corrected chi connectivity index (χ4v) is 4.24. The third-order valence-electron chi connectivity index (χ3n) is 5.96. The maximum atomic E-state index is 13.2. The lowest BCUT2D eigenvalue weighted by Gasteiger charge is -2.26. The highest BCUT2D eigenvalue weighted by Crippen LogP contribution is 2.29. The van der Waals surface area contributed by atoms with E-state index in [9.17, 15) is 14.7 Å². The molecule has 1 amide bonds. The molecule has 1 fully saturated rings. The highest BCUT2D eigenvalue weighted by Gasteiger charge is 2.41. The molecular weight excluding hydrogens is 410 g/mol. The number of oxazole rings is 1. The summed E-state index contributed by atoms with van der Waals surface area (Å²) in [6, 6.07) is 8.90. The van der Waals surface area contributed by atoms with Gasteiger partial charge in [0.2, 0.25) is 5.91 Å². The monoisotopic (exact) mass is 437 g/mol. The van der Waals surface area contributed by atoms with Gasteiger partial charge in [0.05, 0.1) is 30.0 Å². The van der Waals surface area contributed by atoms with E-state index in [0.29, 0.717) is 36.5 Å². The van der Waals surface area contributed by atoms with Crippen LogP contribution in [0.1, 0.15) is 49.1 Å². The number of likely N-dealkylation sites (tertiary alicyclic amines) is 1. The Morgan fingerprint density at radius 2 is 2.06 bits per heavy atom. The van der Waals surface area contributed by atoms with Crippen LogP contribution in [0.15, 0.2) is 51.9 Å². The van der Waals surface area contributed by atoms with E-state index in [-0.39, 0.29) is 24.7 Å². The number of β-amino-alcohol motifs (C(OH)–C–C–N with tert-alkyl or cyclic N) is 1. The zero-order valence-electron chi connectivity index (χ0n) is 18.2. The van der Waals surface area contributed by atoms with E-state index < -0.39 is 18.1 Å². The molecule has 168 valence electrons. The lowest BCUT2D eigenvalue weighted by atomic mass is 9.98. The summed E-state index contributed by atoms with van der Waals surface area (Å²) in [5.74, 6) is 0.428. The van der Waals surface area contributed by atoms with Crippen LogP contribution in [0.2, 0.25) is 0 Å². The van der Waals surface area contributed by atoms with Crippen LogP contribution in [0, 0.1) is 6.92 Å². The van der Waals surface area contributed by atoms with E-state index in [1.54, 1.807) is 19.2 Å². The largest absolute Gasteiger partial charge is 0.444 e. The number of benzene rings is 1. The molecule has 3 heterocycles. The van der Waals surface area contributed by atoms with Crippen LogP contribution < -0.4 is 0 Å². The Balaban J connectivity index is 1.41. The molecule has 0 saturated carbocycles. The van der Waals surface area contributed by atoms with Crippen molar-refractivity contribution in [3.05, 3.63) is 59.9 Å². The minimum absolute atomic E-state index is 0.0437. The second-order valence-electron chi connectivity index (χ2n) is 8.26. The van der Waals surface area contributed by atoms with Crippen LogP contribution in [0.3, 0.4) is 0 Å². The number of aryl methyl sites for hydroxylation is 2. The molecule has 1 N–H and O–H groups in total. The summed E-state index contributed by atoms with van der Waals surface area (Å²) >= 11 is 0. The lowest BCUT2D eigenvalue weighted by molar-refractivity contribution is -0.139. The van der Waals surface area contributed by atoms with Crippen LogP contribution in [0.4, 0.5) is 0 Å². The van der Waals surface area contributed by atoms with Crippen LogP contribution in [0.5, 0.6) is 0 Å². The number of amides is 1. The predicted molar refractivity (Wildman–Crippen MR) is 116 cm³/mol. The molecular formula is C24H27N3O5. The molecule has 0 aliphatic carbocycles. The number of aliphatic hydroxyl groups excluding tert-OH is 1. The molecule has 3 atom stereocenters. The number of hydrogen-bond donors (Lipinski definition) is 1. The van der Waals surface area contributed by atoms with Gasteiger partial charge >= 0.3 is 0 Å². The number of aliphatic hydroxyl groups is 1. The summed E-state index contributed by atoms with van der Waals surface area (Å²) in [7, 11) is 0.